The van der Waals surface area contributed by atoms with E-state index < -0.39 is 9.58 Å². The molecule has 5 aromatic rings. The van der Waals surface area contributed by atoms with Gasteiger partial charge in [0, 0.05) is 59.0 Å². The molecule has 1 aliphatic rings. The van der Waals surface area contributed by atoms with Crippen molar-refractivity contribution in [2.24, 2.45) is 17.8 Å². The molecule has 0 spiro atoms. The SMILES string of the molecule is CC(=O)c1cc(NCCOCCNc2nc(N[N+](C)(O)S)nc3ccc(-c4ccc(C(C)(C)c5cc(Cl)c(OCCCl)c(C#N)c5)cc4)cc23)ccc1C(=O)C(C)C.CC(C)C.CC1CCC(=O)NC1=O. The van der Waals surface area contributed by atoms with Crippen molar-refractivity contribution in [3.05, 3.63) is 106 Å². The fourth-order valence-electron chi connectivity index (χ4n) is 7.14. The third-order valence-electron chi connectivity index (χ3n) is 11.0. The molecular formula is C53H67Cl2N8O7S+. The van der Waals surface area contributed by atoms with Crippen LogP contribution < -0.4 is 26.1 Å². The number of halogens is 2. The minimum atomic E-state index is -0.873. The van der Waals surface area contributed by atoms with E-state index in [9.17, 15) is 29.6 Å². The molecule has 0 radical (unpaired) electrons. The second-order valence-electron chi connectivity index (χ2n) is 18.7. The molecule has 0 saturated carbocycles. The Morgan fingerprint density at radius 3 is 2.15 bits per heavy atom. The van der Waals surface area contributed by atoms with Crippen molar-refractivity contribution < 1.29 is 38.0 Å². The summed E-state index contributed by atoms with van der Waals surface area (Å²) in [5.74, 6) is 1.45. The van der Waals surface area contributed by atoms with Crippen molar-refractivity contribution in [1.82, 2.24) is 15.3 Å². The number of rotatable bonds is 19. The van der Waals surface area contributed by atoms with E-state index >= 15 is 0 Å². The number of ketones is 2. The van der Waals surface area contributed by atoms with E-state index in [0.29, 0.717) is 77.9 Å². The number of benzene rings is 4. The Labute approximate surface area is 433 Å². The zero-order chi connectivity index (χ0) is 52.6. The van der Waals surface area contributed by atoms with Crippen molar-refractivity contribution in [2.45, 2.75) is 80.6 Å². The lowest BCUT2D eigenvalue weighted by molar-refractivity contribution is -0.955. The van der Waals surface area contributed by atoms with Crippen LogP contribution in [0.15, 0.2) is 72.8 Å². The molecule has 4 aromatic carbocycles. The average Bonchev–Trinajstić information content (AvgIpc) is 3.30. The average molecular weight is 1030 g/mol. The summed E-state index contributed by atoms with van der Waals surface area (Å²) in [5.41, 5.74) is 8.62. The highest BCUT2D eigenvalue weighted by molar-refractivity contribution is 7.74. The summed E-state index contributed by atoms with van der Waals surface area (Å²) in [6.45, 7) is 19.5. The maximum Gasteiger partial charge on any atom is 0.275 e. The van der Waals surface area contributed by atoms with Crippen LogP contribution in [0.1, 0.15) is 113 Å². The van der Waals surface area contributed by atoms with Crippen LogP contribution >= 0.6 is 36.0 Å². The Hall–Kier alpha value is -5.80. The number of hydrogen-bond donors (Lipinski definition) is 6. The Kier molecular flexibility index (Phi) is 21.6. The van der Waals surface area contributed by atoms with Crippen LogP contribution in [0.3, 0.4) is 0 Å². The van der Waals surface area contributed by atoms with Gasteiger partial charge < -0.3 is 20.1 Å². The molecule has 1 fully saturated rings. The number of Topliss-reactive ketones (excluding diaryl/α,β-unsaturated/α-hetero) is 2. The fourth-order valence-corrected chi connectivity index (χ4v) is 7.58. The maximum atomic E-state index is 12.6. The van der Waals surface area contributed by atoms with Crippen LogP contribution in [0.4, 0.5) is 17.5 Å². The molecule has 0 bridgehead atoms. The zero-order valence-corrected chi connectivity index (χ0v) is 44.6. The lowest BCUT2D eigenvalue weighted by Crippen LogP contribution is -2.39. The van der Waals surface area contributed by atoms with Crippen LogP contribution in [0.2, 0.25) is 5.02 Å². The van der Waals surface area contributed by atoms with Gasteiger partial charge >= 0.3 is 0 Å². The van der Waals surface area contributed by atoms with Crippen LogP contribution in [0, 0.1) is 29.1 Å². The minimum absolute atomic E-state index is 0.0164. The molecular weight excluding hydrogens is 964 g/mol. The molecule has 15 nitrogen and oxygen atoms in total. The number of alkyl halides is 1. The number of anilines is 3. The van der Waals surface area contributed by atoms with E-state index in [1.807, 2.05) is 63.2 Å². The maximum absolute atomic E-state index is 12.6. The predicted molar refractivity (Wildman–Crippen MR) is 286 cm³/mol. The van der Waals surface area contributed by atoms with Gasteiger partial charge in [0.15, 0.2) is 17.3 Å². The second kappa shape index (κ2) is 26.6. The number of piperidine rings is 1. The second-order valence-corrected chi connectivity index (χ2v) is 20.3. The predicted octanol–water partition coefficient (Wildman–Crippen LogP) is 11.1. The largest absolute Gasteiger partial charge is 0.489 e. The first-order valence-corrected chi connectivity index (χ1v) is 24.8. The quantitative estimate of drug-likeness (QED) is 0.00868. The van der Waals surface area contributed by atoms with Gasteiger partial charge in [0.2, 0.25) is 11.8 Å². The number of carbonyl (C=O) groups is 4. The van der Waals surface area contributed by atoms with Gasteiger partial charge in [0.25, 0.3) is 5.95 Å². The highest BCUT2D eigenvalue weighted by Crippen LogP contribution is 2.39. The van der Waals surface area contributed by atoms with Gasteiger partial charge in [0.05, 0.1) is 35.2 Å². The van der Waals surface area contributed by atoms with Crippen LogP contribution in [-0.2, 0) is 19.7 Å². The molecule has 0 aliphatic carbocycles. The smallest absolute Gasteiger partial charge is 0.275 e. The molecule has 380 valence electrons. The number of carbonyl (C=O) groups excluding carboxylic acids is 4. The van der Waals surface area contributed by atoms with Gasteiger partial charge in [-0.2, -0.15) is 20.9 Å². The minimum Gasteiger partial charge on any atom is -0.489 e. The summed E-state index contributed by atoms with van der Waals surface area (Å²) < 4.78 is 10.7. The number of thiol groups is 1. The number of fused-ring (bicyclic) bond motifs is 1. The zero-order valence-electron chi connectivity index (χ0n) is 42.2. The van der Waals surface area contributed by atoms with Gasteiger partial charge in [-0.3, -0.25) is 24.5 Å². The fraction of sp³-hybridized carbons (Fsp3) is 0.415. The van der Waals surface area contributed by atoms with Crippen molar-refractivity contribution in [1.29, 1.82) is 5.26 Å². The van der Waals surface area contributed by atoms with Gasteiger partial charge in [-0.15, -0.1) is 11.6 Å². The standard InChI is InChI=1S/C43H47Cl2N7O5S.C6H9NO2.C4H10/c1-26(2)39(54)34-13-12-33(24-35(34)27(3)53)47-16-19-56-20-17-48-41-36-22-29(9-14-38(36)49-42(50-41)51-52(6,55)58)28-7-10-31(11-8-28)43(4,5)32-21-30(25-46)40(37(45)23-32)57-18-15-44;1-4-2-3-5(8)7-6(4)9;1-4(2)3/h7-14,21-24,26,55,58H,15-20H2,1-6H3,(H2-,47,48,49,50,51,54);4H,2-3H2,1H3,(H,7,8,9);4H,1-3H3/p+1. The van der Waals surface area contributed by atoms with E-state index in [1.54, 1.807) is 18.2 Å². The number of imide groups is 1. The molecule has 2 atom stereocenters. The molecule has 2 unspecified atom stereocenters. The monoisotopic (exact) mass is 1030 g/mol. The first-order valence-electron chi connectivity index (χ1n) is 23.5. The highest BCUT2D eigenvalue weighted by Gasteiger charge is 2.27. The van der Waals surface area contributed by atoms with Crippen LogP contribution in [0.25, 0.3) is 22.0 Å². The lowest BCUT2D eigenvalue weighted by Gasteiger charge is -2.27. The lowest BCUT2D eigenvalue weighted by atomic mass is 9.77. The number of hydrogen-bond acceptors (Lipinski definition) is 14. The van der Waals surface area contributed by atoms with Crippen molar-refractivity contribution in [3.63, 3.8) is 0 Å². The third kappa shape index (κ3) is 17.2. The summed E-state index contributed by atoms with van der Waals surface area (Å²) in [6.07, 6.45) is 1.19. The molecule has 71 heavy (non-hydrogen) atoms. The molecule has 2 heterocycles. The van der Waals surface area contributed by atoms with E-state index in [-0.39, 0.29) is 53.7 Å². The summed E-state index contributed by atoms with van der Waals surface area (Å²) in [7, 11) is 1.42. The summed E-state index contributed by atoms with van der Waals surface area (Å²) >= 11 is 16.5. The van der Waals surface area contributed by atoms with Crippen molar-refractivity contribution in [3.8, 4) is 22.9 Å². The van der Waals surface area contributed by atoms with Crippen molar-refractivity contribution in [2.75, 3.05) is 61.9 Å². The number of amides is 2. The Balaban J connectivity index is 0.000000734. The molecule has 1 aromatic heterocycles. The Morgan fingerprint density at radius 1 is 0.930 bits per heavy atom. The number of nitrogens with zero attached hydrogens (tertiary/aromatic N) is 4. The summed E-state index contributed by atoms with van der Waals surface area (Å²) in [5, 5.41) is 30.0. The number of quaternary nitrogens is 1. The van der Waals surface area contributed by atoms with Crippen LogP contribution in [-0.4, -0.2) is 88.6 Å². The van der Waals surface area contributed by atoms with E-state index in [4.69, 9.17) is 32.7 Å². The van der Waals surface area contributed by atoms with Gasteiger partial charge in [-0.1, -0.05) is 97.3 Å². The van der Waals surface area contributed by atoms with E-state index in [0.717, 1.165) is 39.2 Å². The Bertz CT molecular complexity index is 2700. The van der Waals surface area contributed by atoms with Gasteiger partial charge in [-0.05, 0) is 88.1 Å². The van der Waals surface area contributed by atoms with Gasteiger partial charge in [-0.25, -0.2) is 4.98 Å². The summed E-state index contributed by atoms with van der Waals surface area (Å²) in [6, 6.07) is 25.1. The number of aromatic nitrogens is 2. The third-order valence-corrected chi connectivity index (χ3v) is 11.5. The van der Waals surface area contributed by atoms with E-state index in [1.165, 1.54) is 14.0 Å². The highest BCUT2D eigenvalue weighted by atomic mass is 35.5. The first-order chi connectivity index (χ1) is 33.4. The number of nitriles is 1. The number of nitrogens with one attached hydrogen (secondary N) is 4. The van der Waals surface area contributed by atoms with Gasteiger partial charge in [0.1, 0.15) is 38.4 Å². The molecule has 5 N–H and O–H groups in total. The molecule has 1 aliphatic heterocycles. The first kappa shape index (κ1) is 57.8. The van der Waals surface area contributed by atoms with E-state index in [2.05, 4.69) is 97.0 Å². The normalized spacial score (nSPS) is 14.3. The number of hydroxylamine groups is 1. The number of ether oxygens (including phenoxy) is 2. The van der Waals surface area contributed by atoms with Crippen LogP contribution in [0.5, 0.6) is 5.75 Å². The topological polar surface area (TPSA) is 205 Å². The molecule has 6 rings (SSSR count). The Morgan fingerprint density at radius 2 is 1.58 bits per heavy atom. The molecule has 1 saturated heterocycles. The summed E-state index contributed by atoms with van der Waals surface area (Å²) in [4.78, 5) is 55.2. The molecule has 2 amide bonds. The van der Waals surface area contributed by atoms with Crippen molar-refractivity contribution >= 4 is 87.8 Å². The molecule has 18 heteroatoms.